The van der Waals surface area contributed by atoms with Gasteiger partial charge in [-0.25, -0.2) is 0 Å². The van der Waals surface area contributed by atoms with Gasteiger partial charge in [0, 0.05) is 12.8 Å². The van der Waals surface area contributed by atoms with Gasteiger partial charge in [0.1, 0.15) is 12.6 Å². The van der Waals surface area contributed by atoms with Gasteiger partial charge >= 0.3 is 0 Å². The van der Waals surface area contributed by atoms with Gasteiger partial charge < -0.3 is 0 Å². The molecule has 0 aliphatic carbocycles. The van der Waals surface area contributed by atoms with Crippen LogP contribution in [0.15, 0.2) is 24.3 Å². The predicted molar refractivity (Wildman–Crippen MR) is 56.7 cm³/mol. The summed E-state index contributed by atoms with van der Waals surface area (Å²) in [5, 5.41) is 0. The number of rotatable bonds is 6. The highest BCUT2D eigenvalue weighted by Crippen LogP contribution is 1.99. The molecule has 0 amide bonds. The first-order chi connectivity index (χ1) is 6.70. The molecule has 74 valence electrons. The summed E-state index contributed by atoms with van der Waals surface area (Å²) in [5.74, 6) is 5.81. The second kappa shape index (κ2) is 8.00. The summed E-state index contributed by atoms with van der Waals surface area (Å²) in [4.78, 5) is 20.3. The molecule has 0 heterocycles. The highest BCUT2D eigenvalue weighted by Gasteiger charge is 1.89. The van der Waals surface area contributed by atoms with Gasteiger partial charge in [0.25, 0.3) is 0 Å². The number of hydrogen-bond acceptors (Lipinski definition) is 2. The second-order valence-corrected chi connectivity index (χ2v) is 2.91. The molecule has 0 aliphatic rings. The largest absolute Gasteiger partial charge is 0.298 e. The van der Waals surface area contributed by atoms with Crippen molar-refractivity contribution < 1.29 is 9.59 Å². The lowest BCUT2D eigenvalue weighted by molar-refractivity contribution is -0.105. The number of carbonyl (C=O) groups excluding carboxylic acids is 2. The number of allylic oxidation sites excluding steroid dienone is 2. The maximum atomic E-state index is 10.2. The van der Waals surface area contributed by atoms with Gasteiger partial charge in [-0.3, -0.25) is 9.59 Å². The fourth-order valence-corrected chi connectivity index (χ4v) is 0.741. The van der Waals surface area contributed by atoms with Crippen LogP contribution in [-0.2, 0) is 9.59 Å². The molecule has 0 aromatic rings. The van der Waals surface area contributed by atoms with Gasteiger partial charge in [0.05, 0.1) is 0 Å². The van der Waals surface area contributed by atoms with Crippen LogP contribution in [-0.4, -0.2) is 12.6 Å². The summed E-state index contributed by atoms with van der Waals surface area (Å²) < 4.78 is 0. The van der Waals surface area contributed by atoms with E-state index in [1.54, 1.807) is 0 Å². The summed E-state index contributed by atoms with van der Waals surface area (Å²) in [6.07, 6.45) is 4.01. The third kappa shape index (κ3) is 7.05. The van der Waals surface area contributed by atoms with E-state index in [0.29, 0.717) is 36.8 Å². The maximum absolute atomic E-state index is 10.2. The summed E-state index contributed by atoms with van der Waals surface area (Å²) >= 11 is 0. The summed E-state index contributed by atoms with van der Waals surface area (Å²) in [6.45, 7) is 7.07. The van der Waals surface area contributed by atoms with Crippen molar-refractivity contribution in [3.63, 3.8) is 0 Å². The highest BCUT2D eigenvalue weighted by molar-refractivity contribution is 5.72. The zero-order valence-corrected chi connectivity index (χ0v) is 8.21. The Labute approximate surface area is 84.7 Å². The van der Waals surface area contributed by atoms with E-state index in [1.807, 2.05) is 0 Å². The lowest BCUT2D eigenvalue weighted by Gasteiger charge is -1.90. The smallest absolute Gasteiger partial charge is 0.145 e. The van der Waals surface area contributed by atoms with E-state index in [-0.39, 0.29) is 0 Å². The summed E-state index contributed by atoms with van der Waals surface area (Å²) in [7, 11) is 0. The number of hydrogen-bond donors (Lipinski definition) is 0. The molecule has 0 saturated heterocycles. The highest BCUT2D eigenvalue weighted by atomic mass is 16.1. The van der Waals surface area contributed by atoms with E-state index in [1.165, 1.54) is 0 Å². The monoisotopic (exact) mass is 190 g/mol. The predicted octanol–water partition coefficient (Wildman–Crippen LogP) is 2.06. The molecule has 0 spiro atoms. The molecule has 0 aliphatic heterocycles. The van der Waals surface area contributed by atoms with E-state index in [0.717, 1.165) is 12.6 Å². The van der Waals surface area contributed by atoms with Crippen LogP contribution in [0, 0.1) is 11.8 Å². The third-order valence-corrected chi connectivity index (χ3v) is 1.60. The van der Waals surface area contributed by atoms with Gasteiger partial charge in [0.15, 0.2) is 0 Å². The van der Waals surface area contributed by atoms with E-state index in [2.05, 4.69) is 25.0 Å². The molecule has 0 saturated carbocycles. The quantitative estimate of drug-likeness (QED) is 0.365. The number of aldehydes is 2. The molecule has 14 heavy (non-hydrogen) atoms. The average molecular weight is 190 g/mol. The van der Waals surface area contributed by atoms with Crippen LogP contribution >= 0.6 is 0 Å². The number of carbonyl (C=O) groups is 2. The second-order valence-electron chi connectivity index (χ2n) is 2.91. The summed E-state index contributed by atoms with van der Waals surface area (Å²) in [6, 6.07) is 0. The van der Waals surface area contributed by atoms with Crippen molar-refractivity contribution in [2.75, 3.05) is 0 Å². The van der Waals surface area contributed by atoms with Crippen molar-refractivity contribution in [3.8, 4) is 11.8 Å². The average Bonchev–Trinajstić information content (AvgIpc) is 2.22. The fraction of sp³-hybridized carbons (Fsp3) is 0.333. The van der Waals surface area contributed by atoms with Gasteiger partial charge in [-0.1, -0.05) is 13.2 Å². The Balaban J connectivity index is 3.54. The zero-order chi connectivity index (χ0) is 10.8. The topological polar surface area (TPSA) is 34.1 Å². The van der Waals surface area contributed by atoms with Gasteiger partial charge in [0.2, 0.25) is 0 Å². The molecule has 0 N–H and O–H groups in total. The van der Waals surface area contributed by atoms with Gasteiger partial charge in [-0.15, -0.1) is 11.8 Å². The molecule has 0 rings (SSSR count). The Bertz CT molecular complexity index is 261. The Morgan fingerprint density at radius 2 is 1.29 bits per heavy atom. The van der Waals surface area contributed by atoms with Crippen molar-refractivity contribution in [2.24, 2.45) is 0 Å². The summed E-state index contributed by atoms with van der Waals surface area (Å²) in [5.41, 5.74) is 1.13. The minimum absolute atomic E-state index is 0.566. The molecule has 2 heteroatoms. The molecule has 0 fully saturated rings. The third-order valence-electron chi connectivity index (χ3n) is 1.60. The van der Waals surface area contributed by atoms with E-state index < -0.39 is 0 Å². The van der Waals surface area contributed by atoms with Crippen LogP contribution in [0.2, 0.25) is 0 Å². The van der Waals surface area contributed by atoms with Gasteiger partial charge in [-0.2, -0.15) is 0 Å². The van der Waals surface area contributed by atoms with Crippen molar-refractivity contribution in [3.05, 3.63) is 24.3 Å². The first-order valence-corrected chi connectivity index (χ1v) is 4.42. The molecule has 2 nitrogen and oxygen atoms in total. The molecule has 0 radical (unpaired) electrons. The van der Waals surface area contributed by atoms with Gasteiger partial charge in [-0.05, 0) is 24.0 Å². The Hall–Kier alpha value is -1.62. The van der Waals surface area contributed by atoms with Crippen LogP contribution in [0.4, 0.5) is 0 Å². The molecule has 0 aromatic carbocycles. The van der Waals surface area contributed by atoms with Crippen LogP contribution < -0.4 is 0 Å². The van der Waals surface area contributed by atoms with Crippen molar-refractivity contribution >= 4 is 12.6 Å². The molecule has 0 bridgehead atoms. The standard InChI is InChI=1S/C12H14O2/c1-11(9-13)7-5-3-4-6-8-12(2)10-14/h9-10H,1-2,5-8H2. The van der Waals surface area contributed by atoms with Crippen LogP contribution in [0.5, 0.6) is 0 Å². The lowest BCUT2D eigenvalue weighted by atomic mass is 10.1. The molecule has 0 unspecified atom stereocenters. The zero-order valence-electron chi connectivity index (χ0n) is 8.21. The minimum atomic E-state index is 0.566. The fourth-order valence-electron chi connectivity index (χ4n) is 0.741. The Kier molecular flexibility index (Phi) is 7.07. The van der Waals surface area contributed by atoms with E-state index in [4.69, 9.17) is 0 Å². The van der Waals surface area contributed by atoms with Crippen molar-refractivity contribution in [1.29, 1.82) is 0 Å². The molecular weight excluding hydrogens is 176 g/mol. The molecular formula is C12H14O2. The van der Waals surface area contributed by atoms with Crippen LogP contribution in [0.3, 0.4) is 0 Å². The van der Waals surface area contributed by atoms with E-state index >= 15 is 0 Å². The van der Waals surface area contributed by atoms with Crippen LogP contribution in [0.1, 0.15) is 25.7 Å². The first-order valence-electron chi connectivity index (χ1n) is 4.42. The Morgan fingerprint density at radius 1 is 0.929 bits per heavy atom. The SMILES string of the molecule is C=C(C=O)CCC#CCCC(=C)C=O. The first kappa shape index (κ1) is 12.4. The molecule has 0 aromatic heterocycles. The van der Waals surface area contributed by atoms with Crippen molar-refractivity contribution in [2.45, 2.75) is 25.7 Å². The molecule has 0 atom stereocenters. The Morgan fingerprint density at radius 3 is 1.57 bits per heavy atom. The van der Waals surface area contributed by atoms with Crippen LogP contribution in [0.25, 0.3) is 0 Å². The minimum Gasteiger partial charge on any atom is -0.298 e. The van der Waals surface area contributed by atoms with E-state index in [9.17, 15) is 9.59 Å². The normalized spacial score (nSPS) is 8.29. The maximum Gasteiger partial charge on any atom is 0.145 e. The lowest BCUT2D eigenvalue weighted by Crippen LogP contribution is -1.82. The van der Waals surface area contributed by atoms with Crippen molar-refractivity contribution in [1.82, 2.24) is 0 Å².